The van der Waals surface area contributed by atoms with Crippen LogP contribution in [0.4, 0.5) is 0 Å². The Labute approximate surface area is 152 Å². The van der Waals surface area contributed by atoms with Crippen molar-refractivity contribution in [1.82, 2.24) is 4.90 Å². The zero-order valence-corrected chi connectivity index (χ0v) is 16.1. The van der Waals surface area contributed by atoms with Gasteiger partial charge in [-0.1, -0.05) is 56.3 Å². The van der Waals surface area contributed by atoms with E-state index in [-0.39, 0.29) is 5.92 Å². The fraction of sp³-hybridized carbons (Fsp3) is 0.455. The summed E-state index contributed by atoms with van der Waals surface area (Å²) in [7, 11) is 3.78. The second-order valence-corrected chi connectivity index (χ2v) is 6.94. The fourth-order valence-corrected chi connectivity index (χ4v) is 3.46. The molecule has 136 valence electrons. The third kappa shape index (κ3) is 4.42. The molecule has 3 unspecified atom stereocenters. The number of nitrogens with zero attached hydrogens (tertiary/aromatic N) is 1. The van der Waals surface area contributed by atoms with Crippen LogP contribution < -0.4 is 4.74 Å². The first-order valence-electron chi connectivity index (χ1n) is 9.04. The van der Waals surface area contributed by atoms with E-state index in [1.807, 2.05) is 37.3 Å². The van der Waals surface area contributed by atoms with Crippen LogP contribution in [0.25, 0.3) is 0 Å². The quantitative estimate of drug-likeness (QED) is 0.760. The van der Waals surface area contributed by atoms with Gasteiger partial charge in [-0.2, -0.15) is 0 Å². The summed E-state index contributed by atoms with van der Waals surface area (Å²) in [6, 6.07) is 18.6. The largest absolute Gasteiger partial charge is 0.497 e. The summed E-state index contributed by atoms with van der Waals surface area (Å²) >= 11 is 0. The molecule has 2 rings (SSSR count). The molecule has 0 radical (unpaired) electrons. The maximum atomic E-state index is 11.4. The van der Waals surface area contributed by atoms with Gasteiger partial charge in [-0.3, -0.25) is 4.90 Å². The molecule has 2 aromatic rings. The molecule has 0 aliphatic rings. The summed E-state index contributed by atoms with van der Waals surface area (Å²) in [5, 5.41) is 11.4. The SMILES string of the molecule is CCC(O)(c1cccc(OC)c1)C(C)CN(C)C(C)c1ccccc1. The highest BCUT2D eigenvalue weighted by molar-refractivity contribution is 5.33. The molecule has 0 aliphatic heterocycles. The average molecular weight is 341 g/mol. The summed E-state index contributed by atoms with van der Waals surface area (Å²) in [4.78, 5) is 2.31. The van der Waals surface area contributed by atoms with Crippen molar-refractivity contribution in [3.05, 3.63) is 65.7 Å². The van der Waals surface area contributed by atoms with E-state index in [2.05, 4.69) is 50.1 Å². The smallest absolute Gasteiger partial charge is 0.119 e. The van der Waals surface area contributed by atoms with E-state index in [1.165, 1.54) is 5.56 Å². The second-order valence-electron chi connectivity index (χ2n) is 6.94. The zero-order chi connectivity index (χ0) is 18.4. The molecule has 3 atom stereocenters. The molecule has 0 heterocycles. The van der Waals surface area contributed by atoms with Gasteiger partial charge in [-0.25, -0.2) is 0 Å². The lowest BCUT2D eigenvalue weighted by atomic mass is 9.79. The molecule has 0 fully saturated rings. The Morgan fingerprint density at radius 2 is 1.76 bits per heavy atom. The van der Waals surface area contributed by atoms with E-state index in [0.717, 1.165) is 17.9 Å². The summed E-state index contributed by atoms with van der Waals surface area (Å²) in [6.45, 7) is 7.17. The summed E-state index contributed by atoms with van der Waals surface area (Å²) in [5.41, 5.74) is 1.33. The van der Waals surface area contributed by atoms with Gasteiger partial charge >= 0.3 is 0 Å². The van der Waals surface area contributed by atoms with Crippen molar-refractivity contribution < 1.29 is 9.84 Å². The van der Waals surface area contributed by atoms with Crippen LogP contribution in [-0.2, 0) is 5.60 Å². The van der Waals surface area contributed by atoms with Crippen molar-refractivity contribution in [3.63, 3.8) is 0 Å². The minimum Gasteiger partial charge on any atom is -0.497 e. The lowest BCUT2D eigenvalue weighted by molar-refractivity contribution is -0.0345. The highest BCUT2D eigenvalue weighted by Crippen LogP contribution is 2.36. The first-order chi connectivity index (χ1) is 11.9. The standard InChI is InChI=1S/C22H31NO2/c1-6-22(24,20-13-10-14-21(15-20)25-5)17(2)16-23(4)18(3)19-11-8-7-9-12-19/h7-15,17-18,24H,6,16H2,1-5H3. The summed E-state index contributed by atoms with van der Waals surface area (Å²) in [6.07, 6.45) is 0.662. The molecular weight excluding hydrogens is 310 g/mol. The molecule has 0 saturated heterocycles. The Morgan fingerprint density at radius 3 is 2.36 bits per heavy atom. The molecular formula is C22H31NO2. The van der Waals surface area contributed by atoms with Crippen molar-refractivity contribution >= 4 is 0 Å². The average Bonchev–Trinajstić information content (AvgIpc) is 2.67. The molecule has 2 aromatic carbocycles. The third-order valence-electron chi connectivity index (χ3n) is 5.43. The molecule has 0 saturated carbocycles. The number of methoxy groups -OCH3 is 1. The zero-order valence-electron chi connectivity index (χ0n) is 16.1. The molecule has 0 aromatic heterocycles. The van der Waals surface area contributed by atoms with Crippen LogP contribution >= 0.6 is 0 Å². The van der Waals surface area contributed by atoms with Crippen LogP contribution in [0.5, 0.6) is 5.75 Å². The molecule has 0 spiro atoms. The minimum absolute atomic E-state index is 0.0840. The Balaban J connectivity index is 2.16. The van der Waals surface area contributed by atoms with Crippen LogP contribution in [-0.4, -0.2) is 30.7 Å². The number of ether oxygens (including phenoxy) is 1. The molecule has 3 nitrogen and oxygen atoms in total. The Bertz CT molecular complexity index is 658. The Kier molecular flexibility index (Phi) is 6.63. The van der Waals surface area contributed by atoms with Gasteiger partial charge in [-0.05, 0) is 43.7 Å². The van der Waals surface area contributed by atoms with Gasteiger partial charge < -0.3 is 9.84 Å². The minimum atomic E-state index is -0.876. The fourth-order valence-electron chi connectivity index (χ4n) is 3.46. The monoisotopic (exact) mass is 341 g/mol. The number of benzene rings is 2. The number of hydrogen-bond donors (Lipinski definition) is 1. The number of rotatable bonds is 8. The Morgan fingerprint density at radius 1 is 1.08 bits per heavy atom. The van der Waals surface area contributed by atoms with E-state index in [4.69, 9.17) is 4.74 Å². The van der Waals surface area contributed by atoms with Crippen molar-refractivity contribution in [1.29, 1.82) is 0 Å². The van der Waals surface area contributed by atoms with Crippen molar-refractivity contribution in [2.75, 3.05) is 20.7 Å². The lowest BCUT2D eigenvalue weighted by Crippen LogP contribution is -2.40. The lowest BCUT2D eigenvalue weighted by Gasteiger charge is -2.38. The van der Waals surface area contributed by atoms with Crippen LogP contribution in [0, 0.1) is 5.92 Å². The van der Waals surface area contributed by atoms with E-state index >= 15 is 0 Å². The van der Waals surface area contributed by atoms with Crippen LogP contribution in [0.1, 0.15) is 44.4 Å². The van der Waals surface area contributed by atoms with Gasteiger partial charge in [0.1, 0.15) is 5.75 Å². The number of aliphatic hydroxyl groups is 1. The van der Waals surface area contributed by atoms with E-state index < -0.39 is 5.60 Å². The van der Waals surface area contributed by atoms with Gasteiger partial charge in [0.25, 0.3) is 0 Å². The van der Waals surface area contributed by atoms with Gasteiger partial charge in [-0.15, -0.1) is 0 Å². The Hall–Kier alpha value is -1.84. The first-order valence-corrected chi connectivity index (χ1v) is 9.04. The van der Waals surface area contributed by atoms with Gasteiger partial charge in [0.05, 0.1) is 12.7 Å². The number of hydrogen-bond acceptors (Lipinski definition) is 3. The van der Waals surface area contributed by atoms with Crippen molar-refractivity contribution in [2.24, 2.45) is 5.92 Å². The van der Waals surface area contributed by atoms with Gasteiger partial charge in [0.2, 0.25) is 0 Å². The second kappa shape index (κ2) is 8.50. The summed E-state index contributed by atoms with van der Waals surface area (Å²) in [5.74, 6) is 0.864. The normalized spacial score (nSPS) is 16.3. The molecule has 3 heteroatoms. The van der Waals surface area contributed by atoms with E-state index in [9.17, 15) is 5.11 Å². The highest BCUT2D eigenvalue weighted by Gasteiger charge is 2.35. The van der Waals surface area contributed by atoms with Crippen LogP contribution in [0.3, 0.4) is 0 Å². The van der Waals surface area contributed by atoms with Crippen LogP contribution in [0.15, 0.2) is 54.6 Å². The van der Waals surface area contributed by atoms with E-state index in [0.29, 0.717) is 12.5 Å². The van der Waals surface area contributed by atoms with Crippen molar-refractivity contribution in [2.45, 2.75) is 38.8 Å². The third-order valence-corrected chi connectivity index (χ3v) is 5.43. The molecule has 0 amide bonds. The predicted molar refractivity (Wildman–Crippen MR) is 104 cm³/mol. The predicted octanol–water partition coefficient (Wildman–Crippen LogP) is 4.62. The topological polar surface area (TPSA) is 32.7 Å². The maximum Gasteiger partial charge on any atom is 0.119 e. The summed E-state index contributed by atoms with van der Waals surface area (Å²) < 4.78 is 5.33. The van der Waals surface area contributed by atoms with Gasteiger partial charge in [0, 0.05) is 18.5 Å². The molecule has 1 N–H and O–H groups in total. The highest BCUT2D eigenvalue weighted by atomic mass is 16.5. The van der Waals surface area contributed by atoms with Crippen LogP contribution in [0.2, 0.25) is 0 Å². The molecule has 25 heavy (non-hydrogen) atoms. The van der Waals surface area contributed by atoms with E-state index in [1.54, 1.807) is 7.11 Å². The molecule has 0 bridgehead atoms. The first kappa shape index (κ1) is 19.5. The maximum absolute atomic E-state index is 11.4. The molecule has 0 aliphatic carbocycles. The van der Waals surface area contributed by atoms with Crippen molar-refractivity contribution in [3.8, 4) is 5.75 Å². The van der Waals surface area contributed by atoms with Gasteiger partial charge in [0.15, 0.2) is 0 Å².